The lowest BCUT2D eigenvalue weighted by atomic mass is 10.1. The van der Waals surface area contributed by atoms with Gasteiger partial charge in [-0.3, -0.25) is 10.00 Å². The molecule has 1 fully saturated rings. The second kappa shape index (κ2) is 10.4. The maximum atomic E-state index is 10.6. The SMILES string of the molecule is O=C(O)C(F)(F)F.c1cc(CNCc2ccc(CN3CCCC3)cc2)c2[nH]ncc2c1. The van der Waals surface area contributed by atoms with E-state index in [-0.39, 0.29) is 0 Å². The molecule has 0 atom stereocenters. The molecule has 1 aliphatic heterocycles. The summed E-state index contributed by atoms with van der Waals surface area (Å²) in [5, 5.41) is 19.0. The van der Waals surface area contributed by atoms with Crippen LogP contribution >= 0.6 is 0 Å². The second-order valence-electron chi connectivity index (χ2n) is 7.46. The molecule has 9 heteroatoms. The molecule has 166 valence electrons. The number of rotatable bonds is 6. The van der Waals surface area contributed by atoms with Crippen molar-refractivity contribution in [1.29, 1.82) is 0 Å². The van der Waals surface area contributed by atoms with Crippen LogP contribution in [0.5, 0.6) is 0 Å². The van der Waals surface area contributed by atoms with E-state index in [0.717, 1.165) is 25.2 Å². The predicted octanol–water partition coefficient (Wildman–Crippen LogP) is 4.08. The van der Waals surface area contributed by atoms with Crippen molar-refractivity contribution >= 4 is 16.9 Å². The van der Waals surface area contributed by atoms with Crippen LogP contribution in [0, 0.1) is 0 Å². The summed E-state index contributed by atoms with van der Waals surface area (Å²) >= 11 is 0. The Kier molecular flexibility index (Phi) is 7.64. The zero-order valence-corrected chi connectivity index (χ0v) is 17.0. The van der Waals surface area contributed by atoms with Crippen LogP contribution in [0.4, 0.5) is 13.2 Å². The molecular weight excluding hydrogens is 409 g/mol. The van der Waals surface area contributed by atoms with Crippen LogP contribution in [0.25, 0.3) is 10.9 Å². The Morgan fingerprint density at radius 3 is 2.35 bits per heavy atom. The number of carbonyl (C=O) groups is 1. The third kappa shape index (κ3) is 6.80. The molecule has 0 spiro atoms. The van der Waals surface area contributed by atoms with Crippen molar-refractivity contribution in [2.45, 2.75) is 38.7 Å². The minimum Gasteiger partial charge on any atom is -0.475 e. The third-order valence-corrected chi connectivity index (χ3v) is 5.08. The van der Waals surface area contributed by atoms with Gasteiger partial charge in [0.05, 0.1) is 11.7 Å². The Bertz CT molecular complexity index is 980. The Hall–Kier alpha value is -2.91. The average molecular weight is 434 g/mol. The van der Waals surface area contributed by atoms with Crippen LogP contribution in [-0.4, -0.2) is 45.4 Å². The van der Waals surface area contributed by atoms with Crippen molar-refractivity contribution in [3.63, 3.8) is 0 Å². The maximum absolute atomic E-state index is 10.6. The molecule has 0 saturated carbocycles. The van der Waals surface area contributed by atoms with E-state index in [1.807, 2.05) is 6.20 Å². The first-order valence-corrected chi connectivity index (χ1v) is 10.0. The van der Waals surface area contributed by atoms with Gasteiger partial charge in [0.2, 0.25) is 0 Å². The lowest BCUT2D eigenvalue weighted by Gasteiger charge is -2.14. The highest BCUT2D eigenvalue weighted by atomic mass is 19.4. The van der Waals surface area contributed by atoms with Gasteiger partial charge in [-0.15, -0.1) is 0 Å². The number of carboxylic acids is 1. The quantitative estimate of drug-likeness (QED) is 0.545. The lowest BCUT2D eigenvalue weighted by molar-refractivity contribution is -0.192. The standard InChI is InChI=1S/C20H24N4.C2HF3O2/c1-2-11-24(10-1)15-17-8-6-16(7-9-17)12-21-13-18-4-3-5-19-14-22-23-20(18)19;3-2(4,5)1(6)7/h3-9,14,21H,1-2,10-13,15H2,(H,22,23);(H,6,7). The molecule has 0 bridgehead atoms. The molecular formula is C22H25F3N4O2. The van der Waals surface area contributed by atoms with Crippen LogP contribution in [0.1, 0.15) is 29.5 Å². The topological polar surface area (TPSA) is 81.2 Å². The van der Waals surface area contributed by atoms with Crippen molar-refractivity contribution in [2.24, 2.45) is 0 Å². The number of halogens is 3. The summed E-state index contributed by atoms with van der Waals surface area (Å²) in [5.74, 6) is -2.76. The number of para-hydroxylation sites is 1. The highest BCUT2D eigenvalue weighted by Gasteiger charge is 2.38. The van der Waals surface area contributed by atoms with E-state index < -0.39 is 12.1 Å². The lowest BCUT2D eigenvalue weighted by Crippen LogP contribution is -2.21. The predicted molar refractivity (Wildman–Crippen MR) is 111 cm³/mol. The molecule has 0 radical (unpaired) electrons. The second-order valence-corrected chi connectivity index (χ2v) is 7.46. The molecule has 2 aromatic carbocycles. The molecule has 31 heavy (non-hydrogen) atoms. The Morgan fingerprint density at radius 1 is 1.06 bits per heavy atom. The summed E-state index contributed by atoms with van der Waals surface area (Å²) in [6.45, 7) is 5.32. The zero-order valence-electron chi connectivity index (χ0n) is 17.0. The van der Waals surface area contributed by atoms with Crippen LogP contribution in [-0.2, 0) is 24.4 Å². The van der Waals surface area contributed by atoms with Gasteiger partial charge in [-0.05, 0) is 42.6 Å². The summed E-state index contributed by atoms with van der Waals surface area (Å²) in [4.78, 5) is 11.4. The summed E-state index contributed by atoms with van der Waals surface area (Å²) < 4.78 is 31.7. The minimum absolute atomic E-state index is 0.842. The van der Waals surface area contributed by atoms with Crippen molar-refractivity contribution in [2.75, 3.05) is 13.1 Å². The average Bonchev–Trinajstić information content (AvgIpc) is 3.41. The van der Waals surface area contributed by atoms with Gasteiger partial charge in [0.1, 0.15) is 0 Å². The molecule has 1 aromatic heterocycles. The number of aliphatic carboxylic acids is 1. The summed E-state index contributed by atoms with van der Waals surface area (Å²) in [5.41, 5.74) is 5.14. The maximum Gasteiger partial charge on any atom is 0.490 e. The number of hydrogen-bond acceptors (Lipinski definition) is 4. The van der Waals surface area contributed by atoms with Crippen molar-refractivity contribution in [1.82, 2.24) is 20.4 Å². The smallest absolute Gasteiger partial charge is 0.475 e. The van der Waals surface area contributed by atoms with Gasteiger partial charge in [0.25, 0.3) is 0 Å². The van der Waals surface area contributed by atoms with Crippen molar-refractivity contribution in [3.8, 4) is 0 Å². The number of aromatic amines is 1. The minimum atomic E-state index is -5.08. The van der Waals surface area contributed by atoms with Crippen molar-refractivity contribution in [3.05, 3.63) is 65.4 Å². The summed E-state index contributed by atoms with van der Waals surface area (Å²) in [6.07, 6.45) is -0.506. The highest BCUT2D eigenvalue weighted by molar-refractivity contribution is 5.81. The van der Waals surface area contributed by atoms with Crippen molar-refractivity contribution < 1.29 is 23.1 Å². The Morgan fingerprint density at radius 2 is 1.71 bits per heavy atom. The number of carboxylic acid groups (broad SMARTS) is 1. The fourth-order valence-electron chi connectivity index (χ4n) is 3.48. The summed E-state index contributed by atoms with van der Waals surface area (Å²) in [6, 6.07) is 15.3. The Labute approximate surface area is 178 Å². The first-order chi connectivity index (χ1) is 14.8. The van der Waals surface area contributed by atoms with Gasteiger partial charge in [0.15, 0.2) is 0 Å². The first kappa shape index (κ1) is 22.8. The van der Waals surface area contributed by atoms with E-state index in [1.165, 1.54) is 48.0 Å². The molecule has 3 aromatic rings. The highest BCUT2D eigenvalue weighted by Crippen LogP contribution is 2.16. The molecule has 0 aliphatic carbocycles. The number of hydrogen-bond donors (Lipinski definition) is 3. The van der Waals surface area contributed by atoms with E-state index in [1.54, 1.807) is 0 Å². The van der Waals surface area contributed by atoms with Crippen LogP contribution in [0.15, 0.2) is 48.7 Å². The van der Waals surface area contributed by atoms with Gasteiger partial charge >= 0.3 is 12.1 Å². The molecule has 0 amide bonds. The fourth-order valence-corrected chi connectivity index (χ4v) is 3.48. The third-order valence-electron chi connectivity index (χ3n) is 5.08. The first-order valence-electron chi connectivity index (χ1n) is 10.0. The van der Waals surface area contributed by atoms with Crippen LogP contribution in [0.2, 0.25) is 0 Å². The van der Waals surface area contributed by atoms with Gasteiger partial charge in [0, 0.05) is 25.0 Å². The number of nitrogens with one attached hydrogen (secondary N) is 2. The van der Waals surface area contributed by atoms with E-state index in [0.29, 0.717) is 0 Å². The van der Waals surface area contributed by atoms with E-state index in [9.17, 15) is 13.2 Å². The molecule has 4 rings (SSSR count). The summed E-state index contributed by atoms with van der Waals surface area (Å²) in [7, 11) is 0. The van der Waals surface area contributed by atoms with Gasteiger partial charge in [-0.25, -0.2) is 4.79 Å². The Balaban J connectivity index is 0.000000339. The van der Waals surface area contributed by atoms with Gasteiger partial charge in [-0.2, -0.15) is 18.3 Å². The van der Waals surface area contributed by atoms with E-state index in [4.69, 9.17) is 9.90 Å². The number of nitrogens with zero attached hydrogens (tertiary/aromatic N) is 2. The van der Waals surface area contributed by atoms with Crippen LogP contribution < -0.4 is 5.32 Å². The fraction of sp³-hybridized carbons (Fsp3) is 0.364. The molecule has 1 aliphatic rings. The number of alkyl halides is 3. The number of fused-ring (bicyclic) bond motifs is 1. The zero-order chi connectivity index (χ0) is 22.3. The van der Waals surface area contributed by atoms with E-state index >= 15 is 0 Å². The monoisotopic (exact) mass is 434 g/mol. The largest absolute Gasteiger partial charge is 0.490 e. The number of benzene rings is 2. The molecule has 3 N–H and O–H groups in total. The number of H-pyrrole nitrogens is 1. The van der Waals surface area contributed by atoms with Crippen LogP contribution in [0.3, 0.4) is 0 Å². The van der Waals surface area contributed by atoms with Gasteiger partial charge in [-0.1, -0.05) is 42.5 Å². The van der Waals surface area contributed by atoms with Gasteiger partial charge < -0.3 is 10.4 Å². The molecule has 1 saturated heterocycles. The van der Waals surface area contributed by atoms with E-state index in [2.05, 4.69) is 62.9 Å². The number of aromatic nitrogens is 2. The molecule has 2 heterocycles. The number of likely N-dealkylation sites (tertiary alicyclic amines) is 1. The molecule has 0 unspecified atom stereocenters. The molecule has 6 nitrogen and oxygen atoms in total. The normalized spacial score (nSPS) is 14.4.